The SMILES string of the molecule is CN(CCn1ccnc1-c1cc2n(n1)CCCNC2)S(C)(=O)=O.Cl.Cl. The van der Waals surface area contributed by atoms with E-state index in [2.05, 4.69) is 21.5 Å². The Morgan fingerprint density at radius 3 is 2.84 bits per heavy atom. The molecule has 1 aliphatic rings. The van der Waals surface area contributed by atoms with Gasteiger partial charge in [-0.25, -0.2) is 17.7 Å². The molecule has 0 spiro atoms. The topological polar surface area (TPSA) is 85.1 Å². The van der Waals surface area contributed by atoms with Gasteiger partial charge in [-0.1, -0.05) is 0 Å². The van der Waals surface area contributed by atoms with Gasteiger partial charge in [0.2, 0.25) is 10.0 Å². The molecule has 0 atom stereocenters. The lowest BCUT2D eigenvalue weighted by Crippen LogP contribution is -2.29. The number of hydrogen-bond donors (Lipinski definition) is 1. The van der Waals surface area contributed by atoms with Crippen LogP contribution in [-0.4, -0.2) is 58.4 Å². The molecule has 0 unspecified atom stereocenters. The molecule has 8 nitrogen and oxygen atoms in total. The standard InChI is InChI=1S/C14H22N6O2S.2ClH/c1-18(23(2,21)22)8-9-19-7-5-16-14(19)13-10-12-11-15-4-3-6-20(12)17-13;;/h5,7,10,15H,3-4,6,8-9,11H2,1-2H3;2*1H. The minimum Gasteiger partial charge on any atom is -0.328 e. The normalized spacial score (nSPS) is 14.4. The third-order valence-electron chi connectivity index (χ3n) is 4.06. The second-order valence-electron chi connectivity index (χ2n) is 5.80. The van der Waals surface area contributed by atoms with Gasteiger partial charge >= 0.3 is 0 Å². The largest absolute Gasteiger partial charge is 0.328 e. The zero-order chi connectivity index (χ0) is 16.4. The predicted octanol–water partition coefficient (Wildman–Crippen LogP) is 0.975. The second-order valence-corrected chi connectivity index (χ2v) is 7.89. The average molecular weight is 411 g/mol. The Kier molecular flexibility index (Phi) is 7.88. The molecule has 2 aromatic rings. The van der Waals surface area contributed by atoms with Crippen LogP contribution in [-0.2, 0) is 29.7 Å². The Morgan fingerprint density at radius 2 is 2.12 bits per heavy atom. The van der Waals surface area contributed by atoms with Crippen molar-refractivity contribution in [1.29, 1.82) is 0 Å². The Hall–Kier alpha value is -1.13. The minimum absolute atomic E-state index is 0. The number of sulfonamides is 1. The van der Waals surface area contributed by atoms with E-state index in [-0.39, 0.29) is 24.8 Å². The first kappa shape index (κ1) is 21.9. The molecule has 1 N–H and O–H groups in total. The number of halogens is 2. The van der Waals surface area contributed by atoms with Crippen molar-refractivity contribution in [2.75, 3.05) is 26.4 Å². The summed E-state index contributed by atoms with van der Waals surface area (Å²) < 4.78 is 28.3. The number of hydrogen-bond acceptors (Lipinski definition) is 5. The highest BCUT2D eigenvalue weighted by atomic mass is 35.5. The first-order valence-electron chi connectivity index (χ1n) is 7.65. The smallest absolute Gasteiger partial charge is 0.211 e. The van der Waals surface area contributed by atoms with Gasteiger partial charge in [0.15, 0.2) is 5.82 Å². The van der Waals surface area contributed by atoms with Gasteiger partial charge in [0.1, 0.15) is 5.69 Å². The van der Waals surface area contributed by atoms with Crippen molar-refractivity contribution in [3.05, 3.63) is 24.2 Å². The van der Waals surface area contributed by atoms with Gasteiger partial charge in [-0.2, -0.15) is 5.10 Å². The summed E-state index contributed by atoms with van der Waals surface area (Å²) in [6, 6.07) is 2.05. The monoisotopic (exact) mass is 410 g/mol. The third-order valence-corrected chi connectivity index (χ3v) is 5.37. The fraction of sp³-hybridized carbons (Fsp3) is 0.571. The van der Waals surface area contributed by atoms with Crippen LogP contribution in [0, 0.1) is 0 Å². The number of rotatable bonds is 5. The summed E-state index contributed by atoms with van der Waals surface area (Å²) in [7, 11) is -1.59. The van der Waals surface area contributed by atoms with E-state index < -0.39 is 10.0 Å². The van der Waals surface area contributed by atoms with Crippen LogP contribution in [0.5, 0.6) is 0 Å². The van der Waals surface area contributed by atoms with Crippen molar-refractivity contribution in [2.24, 2.45) is 0 Å². The number of likely N-dealkylation sites (N-methyl/N-ethyl adjacent to an activating group) is 1. The van der Waals surface area contributed by atoms with E-state index in [1.807, 2.05) is 15.4 Å². The van der Waals surface area contributed by atoms with E-state index in [1.54, 1.807) is 13.2 Å². The summed E-state index contributed by atoms with van der Waals surface area (Å²) in [5.41, 5.74) is 1.98. The molecule has 0 saturated carbocycles. The highest BCUT2D eigenvalue weighted by molar-refractivity contribution is 7.88. The van der Waals surface area contributed by atoms with Gasteiger partial charge < -0.3 is 9.88 Å². The molecule has 0 fully saturated rings. The maximum absolute atomic E-state index is 11.5. The van der Waals surface area contributed by atoms with Crippen LogP contribution in [0.1, 0.15) is 12.1 Å². The summed E-state index contributed by atoms with van der Waals surface area (Å²) >= 11 is 0. The maximum atomic E-state index is 11.5. The molecule has 0 saturated heterocycles. The van der Waals surface area contributed by atoms with Gasteiger partial charge in [-0.05, 0) is 19.0 Å². The third kappa shape index (κ3) is 5.18. The first-order chi connectivity index (χ1) is 10.9. The Bertz CT molecular complexity index is 766. The zero-order valence-electron chi connectivity index (χ0n) is 14.3. The molecule has 0 radical (unpaired) electrons. The molecule has 3 heterocycles. The number of aromatic nitrogens is 4. The van der Waals surface area contributed by atoms with E-state index in [0.29, 0.717) is 13.1 Å². The van der Waals surface area contributed by atoms with Gasteiger partial charge in [-0.15, -0.1) is 24.8 Å². The molecule has 3 rings (SSSR count). The summed E-state index contributed by atoms with van der Waals surface area (Å²) in [4.78, 5) is 4.39. The van der Waals surface area contributed by atoms with E-state index in [9.17, 15) is 8.42 Å². The van der Waals surface area contributed by atoms with Crippen LogP contribution in [0.2, 0.25) is 0 Å². The lowest BCUT2D eigenvalue weighted by molar-refractivity contribution is 0.450. The quantitative estimate of drug-likeness (QED) is 0.793. The number of nitrogens with one attached hydrogen (secondary N) is 1. The number of nitrogens with zero attached hydrogens (tertiary/aromatic N) is 5. The summed E-state index contributed by atoms with van der Waals surface area (Å²) in [5, 5.41) is 8.02. The van der Waals surface area contributed by atoms with Crippen molar-refractivity contribution in [1.82, 2.24) is 29.0 Å². The fourth-order valence-electron chi connectivity index (χ4n) is 2.61. The predicted molar refractivity (Wildman–Crippen MR) is 102 cm³/mol. The van der Waals surface area contributed by atoms with E-state index >= 15 is 0 Å². The minimum atomic E-state index is -3.17. The highest BCUT2D eigenvalue weighted by Crippen LogP contribution is 2.19. The molecule has 142 valence electrons. The Labute approximate surface area is 160 Å². The van der Waals surface area contributed by atoms with Gasteiger partial charge in [0.25, 0.3) is 0 Å². The average Bonchev–Trinajstić information content (AvgIpc) is 3.05. The fourth-order valence-corrected chi connectivity index (χ4v) is 3.02. The summed E-state index contributed by atoms with van der Waals surface area (Å²) in [6.45, 7) is 3.66. The molecule has 2 aromatic heterocycles. The number of fused-ring (bicyclic) bond motifs is 1. The molecular formula is C14H24Cl2N6O2S. The molecule has 1 aliphatic heterocycles. The highest BCUT2D eigenvalue weighted by Gasteiger charge is 2.16. The van der Waals surface area contributed by atoms with E-state index in [0.717, 1.165) is 43.3 Å². The van der Waals surface area contributed by atoms with Crippen molar-refractivity contribution in [3.63, 3.8) is 0 Å². The summed E-state index contributed by atoms with van der Waals surface area (Å²) in [5.74, 6) is 0.771. The maximum Gasteiger partial charge on any atom is 0.211 e. The van der Waals surface area contributed by atoms with Gasteiger partial charge in [0, 0.05) is 45.6 Å². The zero-order valence-corrected chi connectivity index (χ0v) is 16.7. The van der Waals surface area contributed by atoms with Crippen LogP contribution < -0.4 is 5.32 Å². The van der Waals surface area contributed by atoms with Crippen molar-refractivity contribution >= 4 is 34.8 Å². The molecule has 0 aliphatic carbocycles. The van der Waals surface area contributed by atoms with Crippen LogP contribution >= 0.6 is 24.8 Å². The molecule has 11 heteroatoms. The molecule has 0 amide bonds. The van der Waals surface area contributed by atoms with E-state index in [4.69, 9.17) is 0 Å². The van der Waals surface area contributed by atoms with Crippen molar-refractivity contribution in [3.8, 4) is 11.5 Å². The molecule has 0 bridgehead atoms. The first-order valence-corrected chi connectivity index (χ1v) is 9.50. The molecular weight excluding hydrogens is 387 g/mol. The molecule has 25 heavy (non-hydrogen) atoms. The van der Waals surface area contributed by atoms with Crippen LogP contribution in [0.25, 0.3) is 11.5 Å². The molecule has 0 aromatic carbocycles. The Balaban J connectivity index is 0.00000156. The van der Waals surface area contributed by atoms with Crippen molar-refractivity contribution < 1.29 is 8.42 Å². The van der Waals surface area contributed by atoms with Crippen molar-refractivity contribution in [2.45, 2.75) is 26.1 Å². The lowest BCUT2D eigenvalue weighted by Gasteiger charge is -2.15. The van der Waals surface area contributed by atoms with Gasteiger partial charge in [-0.3, -0.25) is 4.68 Å². The van der Waals surface area contributed by atoms with Gasteiger partial charge in [0.05, 0.1) is 11.9 Å². The van der Waals surface area contributed by atoms with E-state index in [1.165, 1.54) is 10.6 Å². The second kappa shape index (κ2) is 9.00. The number of imidazole rings is 1. The van der Waals surface area contributed by atoms with Crippen LogP contribution in [0.15, 0.2) is 18.5 Å². The summed E-state index contributed by atoms with van der Waals surface area (Å²) in [6.07, 6.45) is 5.84. The lowest BCUT2D eigenvalue weighted by atomic mass is 10.3. The Morgan fingerprint density at radius 1 is 1.36 bits per heavy atom. The van der Waals surface area contributed by atoms with Crippen LogP contribution in [0.3, 0.4) is 0 Å². The van der Waals surface area contributed by atoms with Crippen LogP contribution in [0.4, 0.5) is 0 Å². The number of aryl methyl sites for hydroxylation is 1.